The van der Waals surface area contributed by atoms with E-state index in [1.165, 1.54) is 12.8 Å². The van der Waals surface area contributed by atoms with E-state index in [4.69, 9.17) is 10.5 Å². The Morgan fingerprint density at radius 2 is 2.22 bits per heavy atom. The minimum atomic E-state index is 0.769. The number of ether oxygens (including phenoxy) is 1. The van der Waals surface area contributed by atoms with Gasteiger partial charge in [-0.1, -0.05) is 6.92 Å². The molecule has 100 valence electrons. The van der Waals surface area contributed by atoms with Gasteiger partial charge in [-0.25, -0.2) is 0 Å². The van der Waals surface area contributed by atoms with Gasteiger partial charge in [-0.3, -0.25) is 4.90 Å². The van der Waals surface area contributed by atoms with Gasteiger partial charge in [0.2, 0.25) is 0 Å². The number of nitrogen functional groups attached to an aromatic ring is 1. The molecule has 0 radical (unpaired) electrons. The van der Waals surface area contributed by atoms with Crippen LogP contribution in [0, 0.1) is 0 Å². The summed E-state index contributed by atoms with van der Waals surface area (Å²) in [6.45, 7) is 5.33. The van der Waals surface area contributed by atoms with Crippen LogP contribution in [0.2, 0.25) is 0 Å². The van der Waals surface area contributed by atoms with E-state index in [0.29, 0.717) is 0 Å². The first-order valence-corrected chi connectivity index (χ1v) is 6.66. The maximum Gasteiger partial charge on any atom is 0.121 e. The van der Waals surface area contributed by atoms with Crippen molar-refractivity contribution in [3.63, 3.8) is 0 Å². The number of hydrogen-bond donors (Lipinski definition) is 2. The summed E-state index contributed by atoms with van der Waals surface area (Å²) in [4.78, 5) is 2.52. The highest BCUT2D eigenvalue weighted by Crippen LogP contribution is 2.27. The number of nitrogens with two attached hydrogens (primary N) is 1. The second-order valence-corrected chi connectivity index (χ2v) is 4.74. The van der Waals surface area contributed by atoms with Crippen molar-refractivity contribution in [3.8, 4) is 5.75 Å². The van der Waals surface area contributed by atoms with Crippen LogP contribution < -0.4 is 15.8 Å². The van der Waals surface area contributed by atoms with Crippen molar-refractivity contribution in [1.29, 1.82) is 0 Å². The van der Waals surface area contributed by atoms with Gasteiger partial charge in [-0.05, 0) is 31.5 Å². The fraction of sp³-hybridized carbons (Fsp3) is 0.571. The van der Waals surface area contributed by atoms with Gasteiger partial charge in [-0.15, -0.1) is 0 Å². The lowest BCUT2D eigenvalue weighted by Gasteiger charge is -2.20. The van der Waals surface area contributed by atoms with Crippen LogP contribution in [0.25, 0.3) is 0 Å². The van der Waals surface area contributed by atoms with Crippen molar-refractivity contribution in [2.75, 3.05) is 37.8 Å². The molecule has 0 aromatic heterocycles. The topological polar surface area (TPSA) is 50.5 Å². The Morgan fingerprint density at radius 1 is 1.44 bits per heavy atom. The van der Waals surface area contributed by atoms with Crippen molar-refractivity contribution >= 4 is 11.4 Å². The molecule has 18 heavy (non-hydrogen) atoms. The van der Waals surface area contributed by atoms with Gasteiger partial charge in [0, 0.05) is 25.2 Å². The van der Waals surface area contributed by atoms with Crippen LogP contribution in [0.3, 0.4) is 0 Å². The number of likely N-dealkylation sites (N-methyl/N-ethyl adjacent to an activating group) is 1. The van der Waals surface area contributed by atoms with Crippen molar-refractivity contribution in [2.24, 2.45) is 0 Å². The molecule has 0 bridgehead atoms. The molecule has 1 aromatic rings. The van der Waals surface area contributed by atoms with Crippen molar-refractivity contribution in [3.05, 3.63) is 18.2 Å². The molecule has 0 spiro atoms. The zero-order valence-electron chi connectivity index (χ0n) is 11.3. The van der Waals surface area contributed by atoms with Gasteiger partial charge in [0.15, 0.2) is 0 Å². The monoisotopic (exact) mass is 249 g/mol. The Balaban J connectivity index is 1.85. The smallest absolute Gasteiger partial charge is 0.121 e. The average molecular weight is 249 g/mol. The maximum atomic E-state index is 5.93. The normalized spacial score (nSPS) is 14.8. The summed E-state index contributed by atoms with van der Waals surface area (Å²) in [7, 11) is 1.67. The molecule has 0 aliphatic heterocycles. The second kappa shape index (κ2) is 5.96. The van der Waals surface area contributed by atoms with Crippen molar-refractivity contribution in [2.45, 2.75) is 25.8 Å². The first-order valence-electron chi connectivity index (χ1n) is 6.66. The quantitative estimate of drug-likeness (QED) is 0.727. The van der Waals surface area contributed by atoms with E-state index in [1.807, 2.05) is 18.2 Å². The SMILES string of the molecule is CCN(CCNc1cc(OC)ccc1N)C1CC1. The van der Waals surface area contributed by atoms with E-state index in [-0.39, 0.29) is 0 Å². The number of nitrogens with zero attached hydrogens (tertiary/aromatic N) is 1. The lowest BCUT2D eigenvalue weighted by Crippen LogP contribution is -2.31. The highest BCUT2D eigenvalue weighted by Gasteiger charge is 2.27. The summed E-state index contributed by atoms with van der Waals surface area (Å²) in [5.41, 5.74) is 7.66. The summed E-state index contributed by atoms with van der Waals surface area (Å²) in [5.74, 6) is 0.834. The highest BCUT2D eigenvalue weighted by molar-refractivity contribution is 5.68. The largest absolute Gasteiger partial charge is 0.497 e. The molecule has 0 saturated heterocycles. The van der Waals surface area contributed by atoms with Gasteiger partial charge in [-0.2, -0.15) is 0 Å². The lowest BCUT2D eigenvalue weighted by molar-refractivity contribution is 0.289. The molecule has 3 N–H and O–H groups in total. The third kappa shape index (κ3) is 3.29. The summed E-state index contributed by atoms with van der Waals surface area (Å²) < 4.78 is 5.20. The predicted molar refractivity (Wildman–Crippen MR) is 76.2 cm³/mol. The molecular formula is C14H23N3O. The average Bonchev–Trinajstić information content (AvgIpc) is 3.21. The van der Waals surface area contributed by atoms with E-state index in [1.54, 1.807) is 7.11 Å². The number of methoxy groups -OCH3 is 1. The van der Waals surface area contributed by atoms with Gasteiger partial charge in [0.05, 0.1) is 18.5 Å². The van der Waals surface area contributed by atoms with E-state index < -0.39 is 0 Å². The Bertz CT molecular complexity index is 391. The van der Waals surface area contributed by atoms with E-state index in [2.05, 4.69) is 17.1 Å². The van der Waals surface area contributed by atoms with Crippen LogP contribution in [0.15, 0.2) is 18.2 Å². The Morgan fingerprint density at radius 3 is 2.83 bits per heavy atom. The number of nitrogens with one attached hydrogen (secondary N) is 1. The van der Waals surface area contributed by atoms with E-state index >= 15 is 0 Å². The van der Waals surface area contributed by atoms with Gasteiger partial charge in [0.1, 0.15) is 5.75 Å². The molecule has 1 aromatic carbocycles. The Labute approximate surface area is 109 Å². The summed E-state index contributed by atoms with van der Waals surface area (Å²) in [6, 6.07) is 6.52. The van der Waals surface area contributed by atoms with Gasteiger partial charge in [0.25, 0.3) is 0 Å². The zero-order chi connectivity index (χ0) is 13.0. The van der Waals surface area contributed by atoms with Crippen LogP contribution in [-0.2, 0) is 0 Å². The molecule has 4 heteroatoms. The molecule has 1 saturated carbocycles. The molecule has 4 nitrogen and oxygen atoms in total. The first-order chi connectivity index (χ1) is 8.74. The Hall–Kier alpha value is -1.42. The van der Waals surface area contributed by atoms with Crippen molar-refractivity contribution < 1.29 is 4.74 Å². The van der Waals surface area contributed by atoms with Crippen molar-refractivity contribution in [1.82, 2.24) is 4.90 Å². The molecule has 0 heterocycles. The van der Waals surface area contributed by atoms with Crippen LogP contribution in [0.1, 0.15) is 19.8 Å². The summed E-state index contributed by atoms with van der Waals surface area (Å²) in [6.07, 6.45) is 2.71. The molecule has 0 atom stereocenters. The first kappa shape index (κ1) is 13.0. The third-order valence-corrected chi connectivity index (χ3v) is 3.44. The van der Waals surface area contributed by atoms with Crippen LogP contribution in [-0.4, -0.2) is 37.7 Å². The van der Waals surface area contributed by atoms with Gasteiger partial charge >= 0.3 is 0 Å². The molecule has 1 aliphatic carbocycles. The summed E-state index contributed by atoms with van der Waals surface area (Å²) >= 11 is 0. The van der Waals surface area contributed by atoms with E-state index in [9.17, 15) is 0 Å². The molecule has 0 amide bonds. The molecule has 1 aliphatic rings. The second-order valence-electron chi connectivity index (χ2n) is 4.74. The third-order valence-electron chi connectivity index (χ3n) is 3.44. The molecular weight excluding hydrogens is 226 g/mol. The van der Waals surface area contributed by atoms with Gasteiger partial charge < -0.3 is 15.8 Å². The van der Waals surface area contributed by atoms with E-state index in [0.717, 1.165) is 42.8 Å². The van der Waals surface area contributed by atoms with Crippen LogP contribution in [0.5, 0.6) is 5.75 Å². The lowest BCUT2D eigenvalue weighted by atomic mass is 10.2. The van der Waals surface area contributed by atoms with Crippen LogP contribution in [0.4, 0.5) is 11.4 Å². The number of hydrogen-bond acceptors (Lipinski definition) is 4. The number of benzene rings is 1. The highest BCUT2D eigenvalue weighted by atomic mass is 16.5. The fourth-order valence-electron chi connectivity index (χ4n) is 2.19. The number of anilines is 2. The summed E-state index contributed by atoms with van der Waals surface area (Å²) in [5, 5.41) is 3.39. The maximum absolute atomic E-state index is 5.93. The predicted octanol–water partition coefficient (Wildman–Crippen LogP) is 2.17. The fourth-order valence-corrected chi connectivity index (χ4v) is 2.19. The minimum Gasteiger partial charge on any atom is -0.497 e. The Kier molecular flexibility index (Phi) is 4.31. The molecule has 1 fully saturated rings. The zero-order valence-corrected chi connectivity index (χ0v) is 11.3. The number of rotatable bonds is 7. The minimum absolute atomic E-state index is 0.769. The molecule has 0 unspecified atom stereocenters. The molecule has 2 rings (SSSR count). The standard InChI is InChI=1S/C14H23N3O/c1-3-17(11-4-5-11)9-8-16-14-10-12(18-2)6-7-13(14)15/h6-7,10-11,16H,3-5,8-9,15H2,1-2H3. The van der Waals surface area contributed by atoms with Crippen LogP contribution >= 0.6 is 0 Å².